The average Bonchev–Trinajstić information content (AvgIpc) is 2.83. The van der Waals surface area contributed by atoms with Crippen molar-refractivity contribution >= 4 is 55.6 Å². The highest BCUT2D eigenvalue weighted by molar-refractivity contribution is 14.1. The SMILES string of the molecule is CC[C@H](C)c1nc2ccc(Br)cc2c(=O)n1N=Cc1ccc(OCc2ccccc2F)c(I)c1. The molecule has 8 heteroatoms. The maximum atomic E-state index is 13.9. The minimum atomic E-state index is -0.292. The molecule has 0 unspecified atom stereocenters. The van der Waals surface area contributed by atoms with Crippen LogP contribution in [0.25, 0.3) is 10.9 Å². The molecule has 5 nitrogen and oxygen atoms in total. The van der Waals surface area contributed by atoms with Crippen LogP contribution < -0.4 is 10.3 Å². The van der Waals surface area contributed by atoms with Crippen LogP contribution in [0.5, 0.6) is 5.75 Å². The molecular formula is C26H22BrFIN3O2. The van der Waals surface area contributed by atoms with E-state index < -0.39 is 0 Å². The summed E-state index contributed by atoms with van der Waals surface area (Å²) >= 11 is 5.60. The number of halogens is 3. The van der Waals surface area contributed by atoms with Crippen molar-refractivity contribution < 1.29 is 9.13 Å². The molecule has 0 fully saturated rings. The van der Waals surface area contributed by atoms with E-state index in [1.807, 2.05) is 37.3 Å². The Morgan fingerprint density at radius 1 is 1.21 bits per heavy atom. The second-order valence-corrected chi connectivity index (χ2v) is 9.95. The summed E-state index contributed by atoms with van der Waals surface area (Å²) in [5.74, 6) is 1.04. The van der Waals surface area contributed by atoms with Crippen LogP contribution in [-0.2, 0) is 6.61 Å². The Morgan fingerprint density at radius 3 is 2.74 bits per heavy atom. The van der Waals surface area contributed by atoms with Crippen molar-refractivity contribution in [3.8, 4) is 5.75 Å². The fourth-order valence-corrected chi connectivity index (χ4v) is 4.45. The third-order valence-corrected chi connectivity index (χ3v) is 6.84. The van der Waals surface area contributed by atoms with E-state index in [9.17, 15) is 9.18 Å². The minimum Gasteiger partial charge on any atom is -0.488 e. The molecule has 174 valence electrons. The summed E-state index contributed by atoms with van der Waals surface area (Å²) < 4.78 is 22.7. The van der Waals surface area contributed by atoms with E-state index in [0.29, 0.717) is 28.0 Å². The molecule has 0 aliphatic rings. The van der Waals surface area contributed by atoms with E-state index in [1.165, 1.54) is 10.7 Å². The van der Waals surface area contributed by atoms with E-state index in [4.69, 9.17) is 9.72 Å². The van der Waals surface area contributed by atoms with Crippen LogP contribution >= 0.6 is 38.5 Å². The van der Waals surface area contributed by atoms with E-state index >= 15 is 0 Å². The Hall–Kier alpha value is -2.59. The van der Waals surface area contributed by atoms with Gasteiger partial charge in [0.05, 0.1) is 20.7 Å². The Bertz CT molecular complexity index is 1440. The molecule has 0 amide bonds. The van der Waals surface area contributed by atoms with Crippen LogP contribution in [0.4, 0.5) is 4.39 Å². The van der Waals surface area contributed by atoms with E-state index in [0.717, 1.165) is 20.0 Å². The minimum absolute atomic E-state index is 0.0622. The van der Waals surface area contributed by atoms with Gasteiger partial charge in [-0.1, -0.05) is 48.0 Å². The van der Waals surface area contributed by atoms with E-state index in [1.54, 1.807) is 30.5 Å². The molecule has 0 spiro atoms. The molecule has 0 radical (unpaired) electrons. The number of nitrogens with zero attached hydrogens (tertiary/aromatic N) is 3. The molecule has 1 heterocycles. The van der Waals surface area contributed by atoms with Gasteiger partial charge in [-0.3, -0.25) is 4.79 Å². The highest BCUT2D eigenvalue weighted by Crippen LogP contribution is 2.24. The predicted octanol–water partition coefficient (Wildman–Crippen LogP) is 6.88. The van der Waals surface area contributed by atoms with Crippen LogP contribution in [0, 0.1) is 9.39 Å². The van der Waals surface area contributed by atoms with Gasteiger partial charge in [-0.15, -0.1) is 0 Å². The number of rotatable bonds is 7. The molecule has 0 aliphatic carbocycles. The Balaban J connectivity index is 1.63. The summed E-state index contributed by atoms with van der Waals surface area (Å²) in [7, 11) is 0. The van der Waals surface area contributed by atoms with Crippen LogP contribution in [0.2, 0.25) is 0 Å². The van der Waals surface area contributed by atoms with Crippen molar-refractivity contribution in [3.05, 3.63) is 102 Å². The molecule has 4 rings (SSSR count). The number of fused-ring (bicyclic) bond motifs is 1. The molecule has 0 saturated carbocycles. The van der Waals surface area contributed by atoms with Gasteiger partial charge in [0, 0.05) is 16.0 Å². The number of hydrogen-bond acceptors (Lipinski definition) is 4. The standard InChI is InChI=1S/C26H22BrFIN3O2/c1-3-16(2)25-31-23-10-9-19(27)13-20(23)26(33)32(25)30-14-17-8-11-24(22(29)12-17)34-15-18-6-4-5-7-21(18)28/h4-14,16H,3,15H2,1-2H3/t16-/m0/s1. The molecule has 0 N–H and O–H groups in total. The normalized spacial score (nSPS) is 12.4. The number of aromatic nitrogens is 2. The van der Waals surface area contributed by atoms with Crippen molar-refractivity contribution in [1.82, 2.24) is 9.66 Å². The average molecular weight is 634 g/mol. The molecule has 4 aromatic rings. The lowest BCUT2D eigenvalue weighted by Gasteiger charge is -2.14. The number of benzene rings is 3. The molecule has 3 aromatic carbocycles. The maximum Gasteiger partial charge on any atom is 0.282 e. The molecular weight excluding hydrogens is 612 g/mol. The lowest BCUT2D eigenvalue weighted by molar-refractivity contribution is 0.297. The highest BCUT2D eigenvalue weighted by atomic mass is 127. The van der Waals surface area contributed by atoms with Gasteiger partial charge in [0.25, 0.3) is 5.56 Å². The van der Waals surface area contributed by atoms with Gasteiger partial charge in [-0.25, -0.2) is 9.37 Å². The largest absolute Gasteiger partial charge is 0.488 e. The van der Waals surface area contributed by atoms with Gasteiger partial charge in [-0.2, -0.15) is 9.78 Å². The molecule has 0 saturated heterocycles. The first-order valence-electron chi connectivity index (χ1n) is 10.8. The number of hydrogen-bond donors (Lipinski definition) is 0. The predicted molar refractivity (Wildman–Crippen MR) is 145 cm³/mol. The third-order valence-electron chi connectivity index (χ3n) is 5.51. The zero-order valence-electron chi connectivity index (χ0n) is 18.6. The van der Waals surface area contributed by atoms with Crippen LogP contribution in [0.15, 0.2) is 75.0 Å². The topological polar surface area (TPSA) is 56.5 Å². The quantitative estimate of drug-likeness (QED) is 0.165. The first kappa shape index (κ1) is 24.5. The molecule has 0 bridgehead atoms. The summed E-state index contributed by atoms with van der Waals surface area (Å²) in [6.45, 7) is 4.23. The molecule has 1 atom stereocenters. The van der Waals surface area contributed by atoms with Crippen molar-refractivity contribution in [3.63, 3.8) is 0 Å². The van der Waals surface area contributed by atoms with E-state index in [2.05, 4.69) is 50.5 Å². The Kier molecular flexibility index (Phi) is 7.77. The molecule has 34 heavy (non-hydrogen) atoms. The van der Waals surface area contributed by atoms with Crippen LogP contribution in [0.3, 0.4) is 0 Å². The maximum absolute atomic E-state index is 13.9. The summed E-state index contributed by atoms with van der Waals surface area (Å²) in [6, 6.07) is 17.6. The fraction of sp³-hybridized carbons (Fsp3) is 0.192. The van der Waals surface area contributed by atoms with Crippen LogP contribution in [-0.4, -0.2) is 15.9 Å². The second kappa shape index (κ2) is 10.8. The summed E-state index contributed by atoms with van der Waals surface area (Å²) in [4.78, 5) is 18.0. The lowest BCUT2D eigenvalue weighted by Crippen LogP contribution is -2.23. The zero-order chi connectivity index (χ0) is 24.2. The second-order valence-electron chi connectivity index (χ2n) is 7.87. The van der Waals surface area contributed by atoms with Gasteiger partial charge >= 0.3 is 0 Å². The monoisotopic (exact) mass is 633 g/mol. The van der Waals surface area contributed by atoms with Crippen molar-refractivity contribution in [1.29, 1.82) is 0 Å². The van der Waals surface area contributed by atoms with Crippen LogP contribution in [0.1, 0.15) is 43.1 Å². The van der Waals surface area contributed by atoms with Crippen molar-refractivity contribution in [2.45, 2.75) is 32.8 Å². The summed E-state index contributed by atoms with van der Waals surface area (Å²) in [5, 5.41) is 5.01. The van der Waals surface area contributed by atoms with Gasteiger partial charge in [0.15, 0.2) is 0 Å². The third kappa shape index (κ3) is 5.38. The Morgan fingerprint density at radius 2 is 2.00 bits per heavy atom. The Labute approximate surface area is 219 Å². The zero-order valence-corrected chi connectivity index (χ0v) is 22.4. The van der Waals surface area contributed by atoms with Gasteiger partial charge in [0.2, 0.25) is 0 Å². The fourth-order valence-electron chi connectivity index (χ4n) is 3.39. The van der Waals surface area contributed by atoms with Gasteiger partial charge < -0.3 is 4.74 Å². The summed E-state index contributed by atoms with van der Waals surface area (Å²) in [5.41, 5.74) is 1.74. The van der Waals surface area contributed by atoms with Crippen molar-refractivity contribution in [2.24, 2.45) is 5.10 Å². The lowest BCUT2D eigenvalue weighted by atomic mass is 10.1. The molecule has 0 aliphatic heterocycles. The first-order chi connectivity index (χ1) is 16.4. The highest BCUT2D eigenvalue weighted by Gasteiger charge is 2.15. The summed E-state index contributed by atoms with van der Waals surface area (Å²) in [6.07, 6.45) is 2.47. The number of ether oxygens (including phenoxy) is 1. The van der Waals surface area contributed by atoms with Crippen molar-refractivity contribution in [2.75, 3.05) is 0 Å². The molecule has 1 aromatic heterocycles. The van der Waals surface area contributed by atoms with Gasteiger partial charge in [0.1, 0.15) is 24.0 Å². The first-order valence-corrected chi connectivity index (χ1v) is 12.7. The van der Waals surface area contributed by atoms with Gasteiger partial charge in [-0.05, 0) is 77.0 Å². The van der Waals surface area contributed by atoms with E-state index in [-0.39, 0.29) is 23.9 Å². The smallest absolute Gasteiger partial charge is 0.282 e.